The molecule has 3 aliphatic rings. The number of hydrogen-bond acceptors (Lipinski definition) is 4. The van der Waals surface area contributed by atoms with Gasteiger partial charge in [-0.25, -0.2) is 0 Å². The number of fused-ring (bicyclic) bond motifs is 1. The maximum absolute atomic E-state index is 6.22. The molecular weight excluding hydrogens is 238 g/mol. The van der Waals surface area contributed by atoms with Crippen LogP contribution in [0.2, 0.25) is 0 Å². The van der Waals surface area contributed by atoms with Crippen molar-refractivity contribution < 1.29 is 4.74 Å². The molecule has 3 fully saturated rings. The zero-order valence-electron chi connectivity index (χ0n) is 12.1. The predicted octanol–water partition coefficient (Wildman–Crippen LogP) is 1.05. The predicted molar refractivity (Wildman–Crippen MR) is 77.2 cm³/mol. The van der Waals surface area contributed by atoms with E-state index in [2.05, 4.69) is 9.80 Å². The Bertz CT molecular complexity index is 289. The van der Waals surface area contributed by atoms with Crippen molar-refractivity contribution in [3.63, 3.8) is 0 Å². The van der Waals surface area contributed by atoms with Gasteiger partial charge in [0, 0.05) is 44.4 Å². The highest BCUT2D eigenvalue weighted by Crippen LogP contribution is 2.31. The standard InChI is InChI=1S/C15H29N3O/c16-13-15(5-2-10-19-11-6-15)18-9-3-8-17-7-1-4-14(17)12-18/h14H,1-13,16H2. The minimum absolute atomic E-state index is 0.217. The molecule has 2 N–H and O–H groups in total. The van der Waals surface area contributed by atoms with Crippen molar-refractivity contribution in [2.45, 2.75) is 50.1 Å². The lowest BCUT2D eigenvalue weighted by Gasteiger charge is -2.43. The van der Waals surface area contributed by atoms with E-state index in [-0.39, 0.29) is 5.54 Å². The van der Waals surface area contributed by atoms with E-state index in [1.807, 2.05) is 0 Å². The van der Waals surface area contributed by atoms with Crippen molar-refractivity contribution in [1.29, 1.82) is 0 Å². The summed E-state index contributed by atoms with van der Waals surface area (Å²) in [5, 5.41) is 0. The average molecular weight is 267 g/mol. The van der Waals surface area contributed by atoms with Crippen molar-refractivity contribution >= 4 is 0 Å². The van der Waals surface area contributed by atoms with Crippen LogP contribution >= 0.6 is 0 Å². The van der Waals surface area contributed by atoms with Gasteiger partial charge in [0.2, 0.25) is 0 Å². The fourth-order valence-electron chi connectivity index (χ4n) is 4.28. The Hall–Kier alpha value is -0.160. The lowest BCUT2D eigenvalue weighted by Crippen LogP contribution is -2.56. The minimum Gasteiger partial charge on any atom is -0.381 e. The smallest absolute Gasteiger partial charge is 0.0484 e. The fraction of sp³-hybridized carbons (Fsp3) is 1.00. The second-order valence-corrected chi connectivity index (χ2v) is 6.53. The molecule has 0 aromatic carbocycles. The second kappa shape index (κ2) is 6.08. The molecule has 110 valence electrons. The van der Waals surface area contributed by atoms with Gasteiger partial charge in [0.1, 0.15) is 0 Å². The van der Waals surface area contributed by atoms with Gasteiger partial charge in [0.15, 0.2) is 0 Å². The first-order valence-electron chi connectivity index (χ1n) is 8.11. The van der Waals surface area contributed by atoms with Crippen molar-refractivity contribution in [2.24, 2.45) is 5.73 Å². The highest BCUT2D eigenvalue weighted by molar-refractivity contribution is 4.97. The van der Waals surface area contributed by atoms with Crippen LogP contribution in [-0.2, 0) is 4.74 Å². The molecule has 0 amide bonds. The van der Waals surface area contributed by atoms with Gasteiger partial charge in [-0.3, -0.25) is 9.80 Å². The topological polar surface area (TPSA) is 41.7 Å². The van der Waals surface area contributed by atoms with Crippen LogP contribution in [0.25, 0.3) is 0 Å². The summed E-state index contributed by atoms with van der Waals surface area (Å²) in [5.41, 5.74) is 6.43. The van der Waals surface area contributed by atoms with Crippen molar-refractivity contribution in [3.8, 4) is 0 Å². The van der Waals surface area contributed by atoms with E-state index in [9.17, 15) is 0 Å². The number of nitrogens with zero attached hydrogens (tertiary/aromatic N) is 2. The van der Waals surface area contributed by atoms with Gasteiger partial charge in [-0.2, -0.15) is 0 Å². The fourth-order valence-corrected chi connectivity index (χ4v) is 4.28. The van der Waals surface area contributed by atoms with Crippen LogP contribution < -0.4 is 5.73 Å². The van der Waals surface area contributed by atoms with E-state index in [1.165, 1.54) is 58.3 Å². The molecule has 3 saturated heterocycles. The van der Waals surface area contributed by atoms with Gasteiger partial charge < -0.3 is 10.5 Å². The van der Waals surface area contributed by atoms with Crippen LogP contribution in [0.3, 0.4) is 0 Å². The molecule has 0 aliphatic carbocycles. The summed E-state index contributed by atoms with van der Waals surface area (Å²) in [7, 11) is 0. The van der Waals surface area contributed by atoms with Crippen LogP contribution in [0.5, 0.6) is 0 Å². The Labute approximate surface area is 117 Å². The number of nitrogens with two attached hydrogens (primary N) is 1. The van der Waals surface area contributed by atoms with Crippen LogP contribution in [0.1, 0.15) is 38.5 Å². The Kier molecular flexibility index (Phi) is 4.42. The third-order valence-electron chi connectivity index (χ3n) is 5.50. The second-order valence-electron chi connectivity index (χ2n) is 6.53. The first-order chi connectivity index (χ1) is 9.34. The van der Waals surface area contributed by atoms with Crippen molar-refractivity contribution in [3.05, 3.63) is 0 Å². The van der Waals surface area contributed by atoms with Gasteiger partial charge in [0.25, 0.3) is 0 Å². The summed E-state index contributed by atoms with van der Waals surface area (Å²) in [6, 6.07) is 0.787. The first kappa shape index (κ1) is 13.8. The normalized spacial score (nSPS) is 38.7. The molecule has 3 rings (SSSR count). The van der Waals surface area contributed by atoms with Crippen LogP contribution in [0, 0.1) is 0 Å². The molecule has 3 aliphatic heterocycles. The van der Waals surface area contributed by atoms with Gasteiger partial charge in [-0.15, -0.1) is 0 Å². The Morgan fingerprint density at radius 2 is 1.95 bits per heavy atom. The molecule has 0 radical (unpaired) electrons. The number of rotatable bonds is 2. The van der Waals surface area contributed by atoms with Crippen molar-refractivity contribution in [2.75, 3.05) is 45.9 Å². The van der Waals surface area contributed by atoms with Crippen LogP contribution in [-0.4, -0.2) is 67.3 Å². The third-order valence-corrected chi connectivity index (χ3v) is 5.50. The van der Waals surface area contributed by atoms with E-state index < -0.39 is 0 Å². The molecule has 0 aromatic rings. The molecule has 2 unspecified atom stereocenters. The summed E-state index contributed by atoms with van der Waals surface area (Å²) >= 11 is 0. The van der Waals surface area contributed by atoms with Gasteiger partial charge in [-0.05, 0) is 51.6 Å². The highest BCUT2D eigenvalue weighted by Gasteiger charge is 2.39. The SMILES string of the molecule is NCC1(N2CCCN3CCCC3C2)CCCOCC1. The molecular formula is C15H29N3O. The van der Waals surface area contributed by atoms with Gasteiger partial charge >= 0.3 is 0 Å². The van der Waals surface area contributed by atoms with Gasteiger partial charge in [0.05, 0.1) is 0 Å². The lowest BCUT2D eigenvalue weighted by molar-refractivity contribution is 0.0607. The molecule has 2 atom stereocenters. The van der Waals surface area contributed by atoms with E-state index in [0.717, 1.165) is 32.2 Å². The van der Waals surface area contributed by atoms with E-state index in [0.29, 0.717) is 0 Å². The van der Waals surface area contributed by atoms with E-state index in [4.69, 9.17) is 10.5 Å². The van der Waals surface area contributed by atoms with Crippen LogP contribution in [0.15, 0.2) is 0 Å². The first-order valence-corrected chi connectivity index (χ1v) is 8.11. The lowest BCUT2D eigenvalue weighted by atomic mass is 9.87. The summed E-state index contributed by atoms with van der Waals surface area (Å²) in [5.74, 6) is 0. The van der Waals surface area contributed by atoms with E-state index >= 15 is 0 Å². The summed E-state index contributed by atoms with van der Waals surface area (Å²) in [4.78, 5) is 5.44. The molecule has 4 nitrogen and oxygen atoms in total. The Morgan fingerprint density at radius 3 is 2.84 bits per heavy atom. The molecule has 0 spiro atoms. The average Bonchev–Trinajstić information content (AvgIpc) is 2.67. The van der Waals surface area contributed by atoms with Crippen molar-refractivity contribution in [1.82, 2.24) is 9.80 Å². The monoisotopic (exact) mass is 267 g/mol. The number of ether oxygens (including phenoxy) is 1. The molecule has 0 saturated carbocycles. The zero-order chi connectivity index (χ0) is 13.1. The number of hydrogen-bond donors (Lipinski definition) is 1. The highest BCUT2D eigenvalue weighted by atomic mass is 16.5. The third kappa shape index (κ3) is 2.82. The quantitative estimate of drug-likeness (QED) is 0.812. The van der Waals surface area contributed by atoms with Crippen LogP contribution in [0.4, 0.5) is 0 Å². The molecule has 0 aromatic heterocycles. The zero-order valence-corrected chi connectivity index (χ0v) is 12.1. The molecule has 0 bridgehead atoms. The Balaban J connectivity index is 1.73. The maximum atomic E-state index is 6.22. The van der Waals surface area contributed by atoms with Gasteiger partial charge in [-0.1, -0.05) is 0 Å². The molecule has 4 heteroatoms. The molecule has 3 heterocycles. The summed E-state index contributed by atoms with van der Waals surface area (Å²) in [6.07, 6.45) is 7.58. The summed E-state index contributed by atoms with van der Waals surface area (Å²) in [6.45, 7) is 7.67. The maximum Gasteiger partial charge on any atom is 0.0484 e. The largest absolute Gasteiger partial charge is 0.381 e. The van der Waals surface area contributed by atoms with E-state index in [1.54, 1.807) is 0 Å². The molecule has 19 heavy (non-hydrogen) atoms. The minimum atomic E-state index is 0.217. The Morgan fingerprint density at radius 1 is 1.05 bits per heavy atom. The summed E-state index contributed by atoms with van der Waals surface area (Å²) < 4.78 is 5.67.